The molecular formula is C12H15N5OS. The lowest BCUT2D eigenvalue weighted by molar-refractivity contribution is 0.183. The molecule has 0 bridgehead atoms. The van der Waals surface area contributed by atoms with Gasteiger partial charge in [0.1, 0.15) is 11.9 Å². The molecule has 0 spiro atoms. The molecule has 0 radical (unpaired) electrons. The SMILES string of the molecule is Cn1nnc(CC(N)C2CSc3ccccc3O2)n1. The summed E-state index contributed by atoms with van der Waals surface area (Å²) in [6.45, 7) is 0. The summed E-state index contributed by atoms with van der Waals surface area (Å²) in [5.74, 6) is 2.41. The third-order valence-corrected chi connectivity index (χ3v) is 4.12. The quantitative estimate of drug-likeness (QED) is 0.886. The van der Waals surface area contributed by atoms with Gasteiger partial charge < -0.3 is 10.5 Å². The number of ether oxygens (including phenoxy) is 1. The summed E-state index contributed by atoms with van der Waals surface area (Å²) in [5.41, 5.74) is 6.19. The van der Waals surface area contributed by atoms with Gasteiger partial charge in [0.25, 0.3) is 0 Å². The van der Waals surface area contributed by atoms with Gasteiger partial charge in [0.05, 0.1) is 7.05 Å². The Morgan fingerprint density at radius 2 is 2.37 bits per heavy atom. The van der Waals surface area contributed by atoms with Crippen molar-refractivity contribution < 1.29 is 4.74 Å². The molecule has 3 rings (SSSR count). The Morgan fingerprint density at radius 1 is 1.53 bits per heavy atom. The Bertz CT molecular complexity index is 573. The molecule has 1 aliphatic rings. The third kappa shape index (κ3) is 2.71. The molecule has 1 aromatic heterocycles. The first-order valence-corrected chi connectivity index (χ1v) is 7.08. The first kappa shape index (κ1) is 12.4. The van der Waals surface area contributed by atoms with E-state index in [-0.39, 0.29) is 12.1 Å². The van der Waals surface area contributed by atoms with Crippen LogP contribution in [-0.4, -0.2) is 38.1 Å². The van der Waals surface area contributed by atoms with E-state index in [1.807, 2.05) is 18.2 Å². The van der Waals surface area contributed by atoms with Gasteiger partial charge in [-0.05, 0) is 17.3 Å². The molecule has 1 aromatic carbocycles. The maximum absolute atomic E-state index is 6.19. The van der Waals surface area contributed by atoms with Crippen molar-refractivity contribution in [2.75, 3.05) is 5.75 Å². The van der Waals surface area contributed by atoms with Gasteiger partial charge in [-0.15, -0.1) is 22.0 Å². The summed E-state index contributed by atoms with van der Waals surface area (Å²) in [5, 5.41) is 11.9. The van der Waals surface area contributed by atoms with Gasteiger partial charge >= 0.3 is 0 Å². The van der Waals surface area contributed by atoms with E-state index < -0.39 is 0 Å². The number of aromatic nitrogens is 4. The Labute approximate surface area is 115 Å². The third-order valence-electron chi connectivity index (χ3n) is 2.98. The second kappa shape index (κ2) is 5.18. The van der Waals surface area contributed by atoms with Crippen LogP contribution < -0.4 is 10.5 Å². The highest BCUT2D eigenvalue weighted by molar-refractivity contribution is 7.99. The molecule has 0 aliphatic carbocycles. The van der Waals surface area contributed by atoms with Gasteiger partial charge in [0, 0.05) is 23.1 Å². The van der Waals surface area contributed by atoms with Gasteiger partial charge in [-0.25, -0.2) is 0 Å². The largest absolute Gasteiger partial charge is 0.487 e. The molecule has 0 fully saturated rings. The van der Waals surface area contributed by atoms with Crippen LogP contribution in [-0.2, 0) is 13.5 Å². The van der Waals surface area contributed by atoms with E-state index in [0.717, 1.165) is 11.5 Å². The van der Waals surface area contributed by atoms with Gasteiger partial charge in [0.2, 0.25) is 0 Å². The second-order valence-corrected chi connectivity index (χ2v) is 5.54. The zero-order valence-corrected chi connectivity index (χ0v) is 11.4. The van der Waals surface area contributed by atoms with E-state index in [0.29, 0.717) is 12.2 Å². The van der Waals surface area contributed by atoms with Crippen LogP contribution >= 0.6 is 11.8 Å². The minimum absolute atomic E-state index is 0.0243. The van der Waals surface area contributed by atoms with E-state index in [1.165, 1.54) is 9.69 Å². The van der Waals surface area contributed by atoms with Crippen LogP contribution in [0.1, 0.15) is 5.82 Å². The summed E-state index contributed by atoms with van der Waals surface area (Å²) >= 11 is 1.77. The maximum atomic E-state index is 6.19. The fourth-order valence-corrected chi connectivity index (χ4v) is 3.09. The molecular weight excluding hydrogens is 262 g/mol. The van der Waals surface area contributed by atoms with E-state index in [1.54, 1.807) is 18.8 Å². The lowest BCUT2D eigenvalue weighted by Crippen LogP contribution is -2.43. The minimum Gasteiger partial charge on any atom is -0.487 e. The monoisotopic (exact) mass is 277 g/mol. The number of nitrogens with zero attached hydrogens (tertiary/aromatic N) is 4. The molecule has 6 nitrogen and oxygen atoms in total. The average Bonchev–Trinajstić information content (AvgIpc) is 2.83. The molecule has 2 atom stereocenters. The molecule has 2 aromatic rings. The highest BCUT2D eigenvalue weighted by Gasteiger charge is 2.26. The number of aryl methyl sites for hydroxylation is 1. The number of tetrazole rings is 1. The fourth-order valence-electron chi connectivity index (χ4n) is 1.99. The summed E-state index contributed by atoms with van der Waals surface area (Å²) in [4.78, 5) is 2.61. The van der Waals surface area contributed by atoms with Crippen LogP contribution in [0.15, 0.2) is 29.2 Å². The molecule has 2 unspecified atom stereocenters. The summed E-state index contributed by atoms with van der Waals surface area (Å²) in [7, 11) is 1.74. The van der Waals surface area contributed by atoms with Gasteiger partial charge in [0.15, 0.2) is 5.82 Å². The maximum Gasteiger partial charge on any atom is 0.176 e. The number of thioether (sulfide) groups is 1. The standard InChI is InChI=1S/C12H15N5OS/c1-17-15-12(14-16-17)6-8(13)10-7-19-11-5-3-2-4-9(11)18-10/h2-5,8,10H,6-7,13H2,1H3. The van der Waals surface area contributed by atoms with Gasteiger partial charge in [-0.3, -0.25) is 0 Å². The molecule has 0 saturated heterocycles. The first-order valence-electron chi connectivity index (χ1n) is 6.09. The summed E-state index contributed by atoms with van der Waals surface area (Å²) < 4.78 is 5.94. The lowest BCUT2D eigenvalue weighted by Gasteiger charge is -2.29. The van der Waals surface area contributed by atoms with E-state index >= 15 is 0 Å². The van der Waals surface area contributed by atoms with Crippen molar-refractivity contribution in [1.82, 2.24) is 20.2 Å². The molecule has 100 valence electrons. The van der Waals surface area contributed by atoms with E-state index in [9.17, 15) is 0 Å². The molecule has 19 heavy (non-hydrogen) atoms. The molecule has 1 aliphatic heterocycles. The van der Waals surface area contributed by atoms with Crippen LogP contribution in [0.25, 0.3) is 0 Å². The van der Waals surface area contributed by atoms with Crippen LogP contribution in [0, 0.1) is 0 Å². The highest BCUT2D eigenvalue weighted by atomic mass is 32.2. The normalized spacial score (nSPS) is 19.6. The molecule has 0 amide bonds. The number of hydrogen-bond donors (Lipinski definition) is 1. The van der Waals surface area contributed by atoms with E-state index in [4.69, 9.17) is 10.5 Å². The number of nitrogens with two attached hydrogens (primary N) is 1. The zero-order valence-electron chi connectivity index (χ0n) is 10.6. The Morgan fingerprint density at radius 3 is 3.16 bits per heavy atom. The Kier molecular flexibility index (Phi) is 3.39. The number of benzene rings is 1. The first-order chi connectivity index (χ1) is 9.22. The minimum atomic E-state index is -0.134. The van der Waals surface area contributed by atoms with Crippen molar-refractivity contribution in [3.63, 3.8) is 0 Å². The van der Waals surface area contributed by atoms with Crippen molar-refractivity contribution >= 4 is 11.8 Å². The van der Waals surface area contributed by atoms with Crippen LogP contribution in [0.2, 0.25) is 0 Å². The number of fused-ring (bicyclic) bond motifs is 1. The zero-order chi connectivity index (χ0) is 13.2. The molecule has 7 heteroatoms. The van der Waals surface area contributed by atoms with Gasteiger partial charge in [-0.2, -0.15) is 4.80 Å². The second-order valence-electron chi connectivity index (χ2n) is 4.48. The fraction of sp³-hybridized carbons (Fsp3) is 0.417. The number of hydrogen-bond acceptors (Lipinski definition) is 6. The number of para-hydroxylation sites is 1. The lowest BCUT2D eigenvalue weighted by atomic mass is 10.1. The van der Waals surface area contributed by atoms with Crippen LogP contribution in [0.4, 0.5) is 0 Å². The average molecular weight is 277 g/mol. The summed E-state index contributed by atoms with van der Waals surface area (Å²) in [6, 6.07) is 7.88. The van der Waals surface area contributed by atoms with Crippen LogP contribution in [0.3, 0.4) is 0 Å². The molecule has 2 N–H and O–H groups in total. The Hall–Kier alpha value is -1.60. The van der Waals surface area contributed by atoms with Crippen molar-refractivity contribution in [2.24, 2.45) is 12.8 Å². The van der Waals surface area contributed by atoms with Crippen molar-refractivity contribution in [2.45, 2.75) is 23.5 Å². The van der Waals surface area contributed by atoms with Crippen molar-refractivity contribution in [3.05, 3.63) is 30.1 Å². The topological polar surface area (TPSA) is 78.9 Å². The van der Waals surface area contributed by atoms with Gasteiger partial charge in [-0.1, -0.05) is 12.1 Å². The van der Waals surface area contributed by atoms with E-state index in [2.05, 4.69) is 21.5 Å². The van der Waals surface area contributed by atoms with Crippen molar-refractivity contribution in [1.29, 1.82) is 0 Å². The highest BCUT2D eigenvalue weighted by Crippen LogP contribution is 2.35. The smallest absolute Gasteiger partial charge is 0.176 e. The Balaban J connectivity index is 1.67. The number of rotatable bonds is 3. The van der Waals surface area contributed by atoms with Crippen molar-refractivity contribution in [3.8, 4) is 5.75 Å². The predicted molar refractivity (Wildman–Crippen MR) is 72.1 cm³/mol. The molecule has 0 saturated carbocycles. The molecule has 2 heterocycles. The predicted octanol–water partition coefficient (Wildman–Crippen LogP) is 0.633. The summed E-state index contributed by atoms with van der Waals surface area (Å²) in [6.07, 6.45) is 0.546. The van der Waals surface area contributed by atoms with Crippen LogP contribution in [0.5, 0.6) is 5.75 Å².